The molecule has 4 saturated carbocycles. The van der Waals surface area contributed by atoms with Gasteiger partial charge in [-0.05, 0) is 111 Å². The van der Waals surface area contributed by atoms with Gasteiger partial charge >= 0.3 is 0 Å². The molecule has 25 heavy (non-hydrogen) atoms. The molecule has 2 N–H and O–H groups in total. The van der Waals surface area contributed by atoms with Crippen molar-refractivity contribution in [3.8, 4) is 0 Å². The van der Waals surface area contributed by atoms with Gasteiger partial charge in [0.25, 0.3) is 0 Å². The number of hydrogen-bond donors (Lipinski definition) is 1. The topological polar surface area (TPSA) is 26.0 Å². The van der Waals surface area contributed by atoms with Crippen LogP contribution in [0.4, 0.5) is 0 Å². The van der Waals surface area contributed by atoms with Crippen LogP contribution in [0.3, 0.4) is 0 Å². The molecule has 4 aliphatic rings. The molecule has 7 atom stereocenters. The Balaban J connectivity index is 1.46. The third kappa shape index (κ3) is 2.94. The standard InChI is InChI=1S/C23H39NS/c1-16-5-8-20-19-7-6-17-15-18(25-14-4-13-24)9-11-23(17,3)21(19)10-12-22(16,20)2/h17-21H,1,4-15,24H2,2-3H3/t17?,18-,19?,20?,21?,22-,23+/m1/s1. The smallest absolute Gasteiger partial charge is 0.00501 e. The second-order valence-corrected chi connectivity index (χ2v) is 11.6. The maximum Gasteiger partial charge on any atom is 0.00501 e. The maximum absolute atomic E-state index is 5.69. The minimum atomic E-state index is 0.486. The molecule has 0 aliphatic heterocycles. The third-order valence-corrected chi connectivity index (χ3v) is 10.7. The number of allylic oxidation sites excluding steroid dienone is 1. The first-order valence-electron chi connectivity index (χ1n) is 11.0. The van der Waals surface area contributed by atoms with E-state index in [1.165, 1.54) is 70.0 Å². The molecule has 2 heteroatoms. The van der Waals surface area contributed by atoms with E-state index in [0.29, 0.717) is 10.8 Å². The summed E-state index contributed by atoms with van der Waals surface area (Å²) in [5.74, 6) is 5.23. The molecule has 0 saturated heterocycles. The predicted octanol–water partition coefficient (Wildman–Crippen LogP) is 6.04. The van der Waals surface area contributed by atoms with Gasteiger partial charge in [-0.15, -0.1) is 0 Å². The molecular formula is C23H39NS. The lowest BCUT2D eigenvalue weighted by molar-refractivity contribution is -0.0961. The molecule has 4 rings (SSSR count). The summed E-state index contributed by atoms with van der Waals surface area (Å²) < 4.78 is 0. The van der Waals surface area contributed by atoms with Crippen LogP contribution >= 0.6 is 11.8 Å². The van der Waals surface area contributed by atoms with Crippen LogP contribution in [-0.2, 0) is 0 Å². The first-order valence-corrected chi connectivity index (χ1v) is 12.0. The fraction of sp³-hybridized carbons (Fsp3) is 0.913. The summed E-state index contributed by atoms with van der Waals surface area (Å²) in [7, 11) is 0. The minimum Gasteiger partial charge on any atom is -0.330 e. The quantitative estimate of drug-likeness (QED) is 0.488. The summed E-state index contributed by atoms with van der Waals surface area (Å²) in [6.45, 7) is 10.6. The maximum atomic E-state index is 5.69. The van der Waals surface area contributed by atoms with Crippen LogP contribution < -0.4 is 5.73 Å². The molecule has 0 aromatic heterocycles. The third-order valence-electron chi connectivity index (χ3n) is 9.27. The monoisotopic (exact) mass is 361 g/mol. The molecule has 0 heterocycles. The molecule has 0 spiro atoms. The van der Waals surface area contributed by atoms with E-state index < -0.39 is 0 Å². The molecule has 0 radical (unpaired) electrons. The Morgan fingerprint density at radius 1 is 1.08 bits per heavy atom. The van der Waals surface area contributed by atoms with Crippen LogP contribution in [0.2, 0.25) is 0 Å². The van der Waals surface area contributed by atoms with Gasteiger partial charge in [0.1, 0.15) is 0 Å². The molecular weight excluding hydrogens is 322 g/mol. The van der Waals surface area contributed by atoms with Crippen molar-refractivity contribution in [3.63, 3.8) is 0 Å². The van der Waals surface area contributed by atoms with Crippen LogP contribution in [0.25, 0.3) is 0 Å². The second kappa shape index (κ2) is 6.89. The van der Waals surface area contributed by atoms with Gasteiger partial charge in [-0.3, -0.25) is 0 Å². The van der Waals surface area contributed by atoms with Crippen LogP contribution in [0.1, 0.15) is 78.1 Å². The summed E-state index contributed by atoms with van der Waals surface area (Å²) >= 11 is 2.23. The van der Waals surface area contributed by atoms with Gasteiger partial charge in [0, 0.05) is 5.25 Å². The highest BCUT2D eigenvalue weighted by molar-refractivity contribution is 7.99. The van der Waals surface area contributed by atoms with E-state index in [-0.39, 0.29) is 0 Å². The Hall–Kier alpha value is 0.0500. The van der Waals surface area contributed by atoms with Crippen molar-refractivity contribution in [1.29, 1.82) is 0 Å². The van der Waals surface area contributed by atoms with Gasteiger partial charge in [0.15, 0.2) is 0 Å². The molecule has 0 aromatic carbocycles. The van der Waals surface area contributed by atoms with Crippen molar-refractivity contribution in [2.24, 2.45) is 40.2 Å². The molecule has 0 amide bonds. The van der Waals surface area contributed by atoms with Gasteiger partial charge in [-0.1, -0.05) is 26.0 Å². The summed E-state index contributed by atoms with van der Waals surface area (Å²) in [6, 6.07) is 0. The highest BCUT2D eigenvalue weighted by Crippen LogP contribution is 2.67. The van der Waals surface area contributed by atoms with E-state index >= 15 is 0 Å². The van der Waals surface area contributed by atoms with Crippen molar-refractivity contribution < 1.29 is 0 Å². The van der Waals surface area contributed by atoms with Crippen LogP contribution in [0.5, 0.6) is 0 Å². The normalized spacial score (nSPS) is 49.4. The zero-order valence-electron chi connectivity index (χ0n) is 16.6. The lowest BCUT2D eigenvalue weighted by Gasteiger charge is -2.60. The van der Waals surface area contributed by atoms with Gasteiger partial charge in [-0.25, -0.2) is 0 Å². The number of hydrogen-bond acceptors (Lipinski definition) is 2. The van der Waals surface area contributed by atoms with Crippen LogP contribution in [0, 0.1) is 34.5 Å². The van der Waals surface area contributed by atoms with E-state index in [1.54, 1.807) is 5.57 Å². The number of thioether (sulfide) groups is 1. The average molecular weight is 362 g/mol. The van der Waals surface area contributed by atoms with Crippen molar-refractivity contribution in [2.75, 3.05) is 12.3 Å². The fourth-order valence-electron chi connectivity index (χ4n) is 7.61. The van der Waals surface area contributed by atoms with Crippen LogP contribution in [-0.4, -0.2) is 17.5 Å². The molecule has 4 aliphatic carbocycles. The van der Waals surface area contributed by atoms with E-state index in [4.69, 9.17) is 5.73 Å². The van der Waals surface area contributed by atoms with Crippen molar-refractivity contribution >= 4 is 11.8 Å². The van der Waals surface area contributed by atoms with Crippen molar-refractivity contribution in [2.45, 2.75) is 83.3 Å². The zero-order chi connectivity index (χ0) is 17.7. The Kier molecular flexibility index (Phi) is 5.08. The lowest BCUT2D eigenvalue weighted by atomic mass is 9.45. The number of nitrogens with two attached hydrogens (primary N) is 1. The molecule has 0 bridgehead atoms. The molecule has 1 nitrogen and oxygen atoms in total. The summed E-state index contributed by atoms with van der Waals surface area (Å²) in [5.41, 5.74) is 8.40. The second-order valence-electron chi connectivity index (χ2n) is 10.2. The largest absolute Gasteiger partial charge is 0.330 e. The highest BCUT2D eigenvalue weighted by atomic mass is 32.2. The Bertz CT molecular complexity index is 516. The molecule has 142 valence electrons. The highest BCUT2D eigenvalue weighted by Gasteiger charge is 2.58. The fourth-order valence-corrected chi connectivity index (χ4v) is 8.93. The summed E-state index contributed by atoms with van der Waals surface area (Å²) in [5, 5.41) is 0.918. The Labute approximate surface area is 160 Å². The van der Waals surface area contributed by atoms with Crippen molar-refractivity contribution in [1.82, 2.24) is 0 Å². The van der Waals surface area contributed by atoms with E-state index in [0.717, 1.165) is 35.5 Å². The van der Waals surface area contributed by atoms with Gasteiger partial charge in [0.05, 0.1) is 0 Å². The van der Waals surface area contributed by atoms with Crippen LogP contribution in [0.15, 0.2) is 12.2 Å². The lowest BCUT2D eigenvalue weighted by Crippen LogP contribution is -2.53. The first-order chi connectivity index (χ1) is 12.0. The van der Waals surface area contributed by atoms with E-state index in [9.17, 15) is 0 Å². The van der Waals surface area contributed by atoms with Gasteiger partial charge < -0.3 is 5.73 Å². The van der Waals surface area contributed by atoms with Crippen molar-refractivity contribution in [3.05, 3.63) is 12.2 Å². The average Bonchev–Trinajstić information content (AvgIpc) is 2.90. The molecule has 4 unspecified atom stereocenters. The molecule has 4 fully saturated rings. The van der Waals surface area contributed by atoms with E-state index in [1.807, 2.05) is 0 Å². The van der Waals surface area contributed by atoms with Gasteiger partial charge in [0.2, 0.25) is 0 Å². The summed E-state index contributed by atoms with van der Waals surface area (Å²) in [6.07, 6.45) is 14.3. The first kappa shape index (κ1) is 18.4. The number of rotatable bonds is 4. The number of fused-ring (bicyclic) bond motifs is 5. The molecule has 0 aromatic rings. The van der Waals surface area contributed by atoms with E-state index in [2.05, 4.69) is 32.2 Å². The zero-order valence-corrected chi connectivity index (χ0v) is 17.4. The Morgan fingerprint density at radius 2 is 1.92 bits per heavy atom. The minimum absolute atomic E-state index is 0.486. The SMILES string of the molecule is C=C1CCC2C3CCC4C[C@H](SCCCN)CC[C@]4(C)C3CC[C@]12C. The predicted molar refractivity (Wildman–Crippen MR) is 111 cm³/mol. The Morgan fingerprint density at radius 3 is 2.72 bits per heavy atom. The van der Waals surface area contributed by atoms with Gasteiger partial charge in [-0.2, -0.15) is 11.8 Å². The summed E-state index contributed by atoms with van der Waals surface area (Å²) in [4.78, 5) is 0.